The summed E-state index contributed by atoms with van der Waals surface area (Å²) in [5, 5.41) is 3.00. The molecule has 2 nitrogen and oxygen atoms in total. The van der Waals surface area contributed by atoms with Gasteiger partial charge in [-0.25, -0.2) is 0 Å². The van der Waals surface area contributed by atoms with Gasteiger partial charge in [-0.3, -0.25) is 4.79 Å². The van der Waals surface area contributed by atoms with E-state index in [9.17, 15) is 4.79 Å². The molecule has 1 saturated heterocycles. The second-order valence-corrected chi connectivity index (χ2v) is 4.43. The van der Waals surface area contributed by atoms with Crippen LogP contribution in [0.25, 0.3) is 0 Å². The van der Waals surface area contributed by atoms with Crippen LogP contribution in [-0.4, -0.2) is 11.4 Å². The van der Waals surface area contributed by atoms with Gasteiger partial charge in [0.25, 0.3) is 0 Å². The highest BCUT2D eigenvalue weighted by Gasteiger charge is 2.53. The molecule has 1 amide bonds. The average Bonchev–Trinajstić information content (AvgIpc) is 1.81. The Hall–Kier alpha value is -0.790. The highest BCUT2D eigenvalue weighted by molar-refractivity contribution is 5.88. The summed E-state index contributed by atoms with van der Waals surface area (Å²) in [5.74, 6) is 0.868. The Bertz CT molecular complexity index is 269. The van der Waals surface area contributed by atoms with Gasteiger partial charge in [0.05, 0.1) is 11.5 Å². The lowest BCUT2D eigenvalue weighted by Crippen LogP contribution is -2.70. The minimum atomic E-state index is 0.0648. The van der Waals surface area contributed by atoms with Gasteiger partial charge in [-0.05, 0) is 26.2 Å². The number of allylic oxidation sites excluding steroid dienone is 1. The van der Waals surface area contributed by atoms with Crippen molar-refractivity contribution in [2.45, 2.75) is 32.7 Å². The molecule has 0 bridgehead atoms. The summed E-state index contributed by atoms with van der Waals surface area (Å²) in [6.07, 6.45) is 3.25. The first-order chi connectivity index (χ1) is 5.53. The predicted molar refractivity (Wildman–Crippen MR) is 47.6 cm³/mol. The molecule has 0 saturated carbocycles. The number of hydrogen-bond donors (Lipinski definition) is 1. The van der Waals surface area contributed by atoms with Gasteiger partial charge < -0.3 is 5.32 Å². The maximum absolute atomic E-state index is 11.2. The molecule has 2 heteroatoms. The topological polar surface area (TPSA) is 29.1 Å². The Kier molecular flexibility index (Phi) is 1.39. The fraction of sp³-hybridized carbons (Fsp3) is 0.700. The molecule has 1 aliphatic heterocycles. The molecule has 0 aromatic carbocycles. The molecule has 0 radical (unpaired) electrons. The SMILES string of the molecule is CC1=C[C@H](C)[C@@H]2C(=O)N[C@@]2(C)C1. The Balaban J connectivity index is 2.31. The Labute approximate surface area is 73.0 Å². The average molecular weight is 165 g/mol. The zero-order valence-electron chi connectivity index (χ0n) is 7.85. The van der Waals surface area contributed by atoms with Gasteiger partial charge in [-0.1, -0.05) is 18.6 Å². The van der Waals surface area contributed by atoms with E-state index in [1.807, 2.05) is 0 Å². The van der Waals surface area contributed by atoms with Crippen molar-refractivity contribution < 1.29 is 4.79 Å². The van der Waals surface area contributed by atoms with Gasteiger partial charge in [0.2, 0.25) is 5.91 Å². The number of hydrogen-bond acceptors (Lipinski definition) is 1. The van der Waals surface area contributed by atoms with E-state index < -0.39 is 0 Å². The quantitative estimate of drug-likeness (QED) is 0.427. The summed E-state index contributed by atoms with van der Waals surface area (Å²) in [6, 6.07) is 0. The third kappa shape index (κ3) is 0.838. The van der Waals surface area contributed by atoms with Gasteiger partial charge >= 0.3 is 0 Å². The van der Waals surface area contributed by atoms with Gasteiger partial charge in [-0.15, -0.1) is 0 Å². The van der Waals surface area contributed by atoms with E-state index in [1.165, 1.54) is 5.57 Å². The standard InChI is InChI=1S/C10H15NO/c1-6-4-7(2)8-9(12)11-10(8,3)5-6/h4,7-8H,5H2,1-3H3,(H,11,12)/t7-,8+,10-/m0/s1. The first kappa shape index (κ1) is 7.84. The molecule has 0 unspecified atom stereocenters. The molecule has 12 heavy (non-hydrogen) atoms. The van der Waals surface area contributed by atoms with Crippen LogP contribution >= 0.6 is 0 Å². The molecule has 1 N–H and O–H groups in total. The molecular formula is C10H15NO. The van der Waals surface area contributed by atoms with Gasteiger partial charge in [-0.2, -0.15) is 0 Å². The molecule has 1 aliphatic carbocycles. The fourth-order valence-corrected chi connectivity index (χ4v) is 2.80. The van der Waals surface area contributed by atoms with Crippen LogP contribution in [-0.2, 0) is 4.79 Å². The van der Waals surface area contributed by atoms with Crippen LogP contribution < -0.4 is 5.32 Å². The van der Waals surface area contributed by atoms with E-state index >= 15 is 0 Å². The van der Waals surface area contributed by atoms with Crippen LogP contribution in [0.3, 0.4) is 0 Å². The van der Waals surface area contributed by atoms with Crippen LogP contribution in [0, 0.1) is 11.8 Å². The van der Waals surface area contributed by atoms with Crippen LogP contribution in [0.5, 0.6) is 0 Å². The first-order valence-electron chi connectivity index (χ1n) is 4.52. The number of rotatable bonds is 0. The lowest BCUT2D eigenvalue weighted by molar-refractivity contribution is -0.143. The molecule has 0 aromatic rings. The maximum atomic E-state index is 11.2. The number of amides is 1. The predicted octanol–water partition coefficient (Wildman–Crippen LogP) is 1.48. The summed E-state index contributed by atoms with van der Waals surface area (Å²) < 4.78 is 0. The van der Waals surface area contributed by atoms with Crippen LogP contribution in [0.1, 0.15) is 27.2 Å². The molecule has 3 atom stereocenters. The van der Waals surface area contributed by atoms with Gasteiger partial charge in [0.15, 0.2) is 0 Å². The third-order valence-electron chi connectivity index (χ3n) is 3.10. The second kappa shape index (κ2) is 2.12. The minimum Gasteiger partial charge on any atom is -0.349 e. The van der Waals surface area contributed by atoms with E-state index in [1.54, 1.807) is 0 Å². The van der Waals surface area contributed by atoms with Crippen molar-refractivity contribution in [3.05, 3.63) is 11.6 Å². The maximum Gasteiger partial charge on any atom is 0.226 e. The summed E-state index contributed by atoms with van der Waals surface area (Å²) >= 11 is 0. The number of carbonyl (C=O) groups excluding carboxylic acids is 1. The second-order valence-electron chi connectivity index (χ2n) is 4.43. The van der Waals surface area contributed by atoms with E-state index in [2.05, 4.69) is 32.2 Å². The molecule has 2 aliphatic rings. The molecule has 1 heterocycles. The summed E-state index contributed by atoms with van der Waals surface area (Å²) in [7, 11) is 0. The largest absolute Gasteiger partial charge is 0.349 e. The summed E-state index contributed by atoms with van der Waals surface area (Å²) in [4.78, 5) is 11.2. The van der Waals surface area contributed by atoms with Crippen molar-refractivity contribution in [1.82, 2.24) is 5.32 Å². The smallest absolute Gasteiger partial charge is 0.226 e. The monoisotopic (exact) mass is 165 g/mol. The summed E-state index contributed by atoms with van der Waals surface area (Å²) in [5.41, 5.74) is 1.47. The highest BCUT2D eigenvalue weighted by atomic mass is 16.2. The normalized spacial score (nSPS) is 45.6. The lowest BCUT2D eigenvalue weighted by Gasteiger charge is -2.52. The fourth-order valence-electron chi connectivity index (χ4n) is 2.80. The van der Waals surface area contributed by atoms with Crippen molar-refractivity contribution >= 4 is 5.91 Å². The van der Waals surface area contributed by atoms with Gasteiger partial charge in [0.1, 0.15) is 0 Å². The summed E-state index contributed by atoms with van der Waals surface area (Å²) in [6.45, 7) is 6.42. The van der Waals surface area contributed by atoms with Crippen molar-refractivity contribution in [3.63, 3.8) is 0 Å². The number of β-lactam (4-membered cyclic amide) rings is 1. The van der Waals surface area contributed by atoms with Crippen LogP contribution in [0.15, 0.2) is 11.6 Å². The van der Waals surface area contributed by atoms with Crippen LogP contribution in [0.2, 0.25) is 0 Å². The lowest BCUT2D eigenvalue weighted by atomic mass is 9.64. The molecule has 2 rings (SSSR count). The number of carbonyl (C=O) groups is 1. The highest BCUT2D eigenvalue weighted by Crippen LogP contribution is 2.42. The Morgan fingerprint density at radius 1 is 1.67 bits per heavy atom. The van der Waals surface area contributed by atoms with E-state index in [0.29, 0.717) is 5.92 Å². The van der Waals surface area contributed by atoms with Crippen molar-refractivity contribution in [3.8, 4) is 0 Å². The minimum absolute atomic E-state index is 0.0648. The van der Waals surface area contributed by atoms with Gasteiger partial charge in [0, 0.05) is 0 Å². The number of nitrogens with one attached hydrogen (secondary N) is 1. The van der Waals surface area contributed by atoms with E-state index in [4.69, 9.17) is 0 Å². The third-order valence-corrected chi connectivity index (χ3v) is 3.10. The molecule has 0 aromatic heterocycles. The van der Waals surface area contributed by atoms with Crippen molar-refractivity contribution in [2.75, 3.05) is 0 Å². The van der Waals surface area contributed by atoms with E-state index in [-0.39, 0.29) is 17.4 Å². The molecule has 0 spiro atoms. The Morgan fingerprint density at radius 3 is 2.83 bits per heavy atom. The van der Waals surface area contributed by atoms with Crippen molar-refractivity contribution in [1.29, 1.82) is 0 Å². The van der Waals surface area contributed by atoms with Crippen LogP contribution in [0.4, 0.5) is 0 Å². The molecule has 66 valence electrons. The Morgan fingerprint density at radius 2 is 2.33 bits per heavy atom. The zero-order chi connectivity index (χ0) is 8.93. The number of fused-ring (bicyclic) bond motifs is 1. The zero-order valence-corrected chi connectivity index (χ0v) is 7.85. The molecule has 1 fully saturated rings. The van der Waals surface area contributed by atoms with Crippen molar-refractivity contribution in [2.24, 2.45) is 11.8 Å². The van der Waals surface area contributed by atoms with E-state index in [0.717, 1.165) is 6.42 Å². The first-order valence-corrected chi connectivity index (χ1v) is 4.52. The molecular weight excluding hydrogens is 150 g/mol.